The predicted molar refractivity (Wildman–Crippen MR) is 65.1 cm³/mol. The average Bonchev–Trinajstić information content (AvgIpc) is 2.88. The van der Waals surface area contributed by atoms with Crippen molar-refractivity contribution >= 4 is 0 Å². The molecule has 2 aliphatic rings. The van der Waals surface area contributed by atoms with Crippen molar-refractivity contribution in [2.24, 2.45) is 0 Å². The second-order valence-electron chi connectivity index (χ2n) is 5.29. The molecule has 2 nitrogen and oxygen atoms in total. The van der Waals surface area contributed by atoms with E-state index in [1.807, 2.05) is 0 Å². The maximum Gasteiger partial charge on any atom is 0.0252 e. The van der Waals surface area contributed by atoms with Gasteiger partial charge in [-0.25, -0.2) is 0 Å². The van der Waals surface area contributed by atoms with Gasteiger partial charge in [-0.3, -0.25) is 4.90 Å². The molecule has 0 aliphatic carbocycles. The third-order valence-corrected chi connectivity index (χ3v) is 4.18. The van der Waals surface area contributed by atoms with Crippen LogP contribution in [0.25, 0.3) is 0 Å². The minimum atomic E-state index is 0.796. The summed E-state index contributed by atoms with van der Waals surface area (Å²) in [5, 5.41) is 3.68. The van der Waals surface area contributed by atoms with Crippen LogP contribution in [0.4, 0.5) is 0 Å². The lowest BCUT2D eigenvalue weighted by Crippen LogP contribution is -2.47. The van der Waals surface area contributed by atoms with Crippen molar-refractivity contribution in [3.8, 4) is 0 Å². The Morgan fingerprint density at radius 1 is 1.33 bits per heavy atom. The van der Waals surface area contributed by atoms with Gasteiger partial charge in [0.05, 0.1) is 0 Å². The molecule has 2 rings (SSSR count). The monoisotopic (exact) mass is 210 g/mol. The van der Waals surface area contributed by atoms with Gasteiger partial charge >= 0.3 is 0 Å². The molecular formula is C13H26N2. The van der Waals surface area contributed by atoms with E-state index < -0.39 is 0 Å². The SMILES string of the molecule is CCCC(C)N1CCCC1C1CCCN1. The fourth-order valence-electron chi connectivity index (χ4n) is 3.42. The van der Waals surface area contributed by atoms with Crippen LogP contribution >= 0.6 is 0 Å². The quantitative estimate of drug-likeness (QED) is 0.766. The lowest BCUT2D eigenvalue weighted by molar-refractivity contribution is 0.155. The van der Waals surface area contributed by atoms with Crippen molar-refractivity contribution in [3.05, 3.63) is 0 Å². The van der Waals surface area contributed by atoms with E-state index in [0.29, 0.717) is 0 Å². The normalized spacial score (nSPS) is 34.8. The maximum atomic E-state index is 3.68. The maximum absolute atomic E-state index is 3.68. The van der Waals surface area contributed by atoms with Crippen LogP contribution in [0.1, 0.15) is 52.4 Å². The fraction of sp³-hybridized carbons (Fsp3) is 1.00. The van der Waals surface area contributed by atoms with Gasteiger partial charge < -0.3 is 5.32 Å². The van der Waals surface area contributed by atoms with Crippen molar-refractivity contribution in [1.29, 1.82) is 0 Å². The molecule has 0 bridgehead atoms. The van der Waals surface area contributed by atoms with Gasteiger partial charge in [-0.15, -0.1) is 0 Å². The van der Waals surface area contributed by atoms with Crippen LogP contribution in [0.3, 0.4) is 0 Å². The molecule has 0 saturated carbocycles. The Morgan fingerprint density at radius 2 is 2.20 bits per heavy atom. The van der Waals surface area contributed by atoms with Crippen LogP contribution in [0.5, 0.6) is 0 Å². The van der Waals surface area contributed by atoms with Gasteiger partial charge in [0.1, 0.15) is 0 Å². The summed E-state index contributed by atoms with van der Waals surface area (Å²) in [6, 6.07) is 2.44. The second-order valence-corrected chi connectivity index (χ2v) is 5.29. The average molecular weight is 210 g/mol. The highest BCUT2D eigenvalue weighted by molar-refractivity contribution is 4.93. The molecule has 3 unspecified atom stereocenters. The minimum Gasteiger partial charge on any atom is -0.312 e. The van der Waals surface area contributed by atoms with Crippen LogP contribution in [-0.2, 0) is 0 Å². The summed E-state index contributed by atoms with van der Waals surface area (Å²) in [5.74, 6) is 0. The van der Waals surface area contributed by atoms with E-state index in [2.05, 4.69) is 24.1 Å². The summed E-state index contributed by atoms with van der Waals surface area (Å²) < 4.78 is 0. The first-order valence-corrected chi connectivity index (χ1v) is 6.82. The molecule has 15 heavy (non-hydrogen) atoms. The molecule has 1 N–H and O–H groups in total. The zero-order valence-electron chi connectivity index (χ0n) is 10.3. The number of rotatable bonds is 4. The third kappa shape index (κ3) is 2.54. The molecule has 3 atom stereocenters. The summed E-state index contributed by atoms with van der Waals surface area (Å²) in [6.45, 7) is 7.30. The molecule has 2 heterocycles. The largest absolute Gasteiger partial charge is 0.312 e. The molecule has 88 valence electrons. The van der Waals surface area contributed by atoms with Gasteiger partial charge in [-0.05, 0) is 52.1 Å². The van der Waals surface area contributed by atoms with E-state index in [0.717, 1.165) is 18.1 Å². The smallest absolute Gasteiger partial charge is 0.0252 e. The molecule has 2 saturated heterocycles. The van der Waals surface area contributed by atoms with Crippen LogP contribution in [-0.4, -0.2) is 36.1 Å². The zero-order valence-corrected chi connectivity index (χ0v) is 10.3. The lowest BCUT2D eigenvalue weighted by atomic mass is 10.0. The van der Waals surface area contributed by atoms with Crippen molar-refractivity contribution in [2.75, 3.05) is 13.1 Å². The number of likely N-dealkylation sites (tertiary alicyclic amines) is 1. The Labute approximate surface area is 94.4 Å². The molecule has 0 radical (unpaired) electrons. The van der Waals surface area contributed by atoms with E-state index in [9.17, 15) is 0 Å². The first kappa shape index (κ1) is 11.4. The van der Waals surface area contributed by atoms with Crippen molar-refractivity contribution in [2.45, 2.75) is 70.5 Å². The van der Waals surface area contributed by atoms with Gasteiger partial charge in [-0.2, -0.15) is 0 Å². The highest BCUT2D eigenvalue weighted by atomic mass is 15.2. The Kier molecular flexibility index (Phi) is 4.04. The van der Waals surface area contributed by atoms with Gasteiger partial charge in [0.15, 0.2) is 0 Å². The van der Waals surface area contributed by atoms with Gasteiger partial charge in [0, 0.05) is 18.1 Å². The lowest BCUT2D eigenvalue weighted by Gasteiger charge is -2.34. The topological polar surface area (TPSA) is 15.3 Å². The van der Waals surface area contributed by atoms with E-state index in [-0.39, 0.29) is 0 Å². The van der Waals surface area contributed by atoms with Crippen LogP contribution < -0.4 is 5.32 Å². The molecule has 0 aromatic carbocycles. The molecule has 2 aliphatic heterocycles. The molecule has 0 aromatic rings. The highest BCUT2D eigenvalue weighted by Gasteiger charge is 2.34. The van der Waals surface area contributed by atoms with Crippen molar-refractivity contribution in [1.82, 2.24) is 10.2 Å². The summed E-state index contributed by atoms with van der Waals surface area (Å²) in [4.78, 5) is 2.77. The predicted octanol–water partition coefficient (Wildman–Crippen LogP) is 2.39. The van der Waals surface area contributed by atoms with Gasteiger partial charge in [-0.1, -0.05) is 13.3 Å². The number of nitrogens with zero attached hydrogens (tertiary/aromatic N) is 1. The number of nitrogens with one attached hydrogen (secondary N) is 1. The Hall–Kier alpha value is -0.0800. The summed E-state index contributed by atoms with van der Waals surface area (Å²) in [5.41, 5.74) is 0. The van der Waals surface area contributed by atoms with Crippen molar-refractivity contribution in [3.63, 3.8) is 0 Å². The van der Waals surface area contributed by atoms with Gasteiger partial charge in [0.2, 0.25) is 0 Å². The third-order valence-electron chi connectivity index (χ3n) is 4.18. The molecule has 2 fully saturated rings. The van der Waals surface area contributed by atoms with E-state index in [4.69, 9.17) is 0 Å². The summed E-state index contributed by atoms with van der Waals surface area (Å²) in [7, 11) is 0. The number of hydrogen-bond acceptors (Lipinski definition) is 2. The first-order chi connectivity index (χ1) is 7.33. The minimum absolute atomic E-state index is 0.796. The van der Waals surface area contributed by atoms with Crippen LogP contribution in [0.15, 0.2) is 0 Å². The molecule has 0 spiro atoms. The fourth-order valence-corrected chi connectivity index (χ4v) is 3.42. The Balaban J connectivity index is 1.91. The van der Waals surface area contributed by atoms with Crippen LogP contribution in [0, 0.1) is 0 Å². The first-order valence-electron chi connectivity index (χ1n) is 6.82. The van der Waals surface area contributed by atoms with E-state index in [1.54, 1.807) is 0 Å². The highest BCUT2D eigenvalue weighted by Crippen LogP contribution is 2.27. The molecule has 0 amide bonds. The Bertz CT molecular complexity index is 187. The molecule has 2 heteroatoms. The number of hydrogen-bond donors (Lipinski definition) is 1. The van der Waals surface area contributed by atoms with Crippen molar-refractivity contribution < 1.29 is 0 Å². The van der Waals surface area contributed by atoms with Gasteiger partial charge in [0.25, 0.3) is 0 Å². The van der Waals surface area contributed by atoms with Crippen LogP contribution in [0.2, 0.25) is 0 Å². The Morgan fingerprint density at radius 3 is 2.87 bits per heavy atom. The van der Waals surface area contributed by atoms with E-state index >= 15 is 0 Å². The standard InChI is InChI=1S/C13H26N2/c1-3-6-11(2)15-10-5-8-13(15)12-7-4-9-14-12/h11-14H,3-10H2,1-2H3. The summed E-state index contributed by atoms with van der Waals surface area (Å²) in [6.07, 6.45) is 8.31. The summed E-state index contributed by atoms with van der Waals surface area (Å²) >= 11 is 0. The molecule has 0 aromatic heterocycles. The van der Waals surface area contributed by atoms with E-state index in [1.165, 1.54) is 51.6 Å². The second kappa shape index (κ2) is 5.31. The zero-order chi connectivity index (χ0) is 10.7. The molecular weight excluding hydrogens is 184 g/mol.